The van der Waals surface area contributed by atoms with E-state index in [2.05, 4.69) is 5.32 Å². The molecule has 2 fully saturated rings. The highest BCUT2D eigenvalue weighted by Crippen LogP contribution is 2.20. The number of nitriles is 1. The second-order valence-corrected chi connectivity index (χ2v) is 9.29. The third-order valence-electron chi connectivity index (χ3n) is 5.30. The van der Waals surface area contributed by atoms with Crippen LogP contribution in [0.1, 0.15) is 24.8 Å². The fourth-order valence-corrected chi connectivity index (χ4v) is 5.29. The van der Waals surface area contributed by atoms with Crippen LogP contribution in [0.3, 0.4) is 0 Å². The van der Waals surface area contributed by atoms with Crippen LogP contribution in [0.25, 0.3) is 0 Å². The van der Waals surface area contributed by atoms with E-state index in [0.717, 1.165) is 5.56 Å². The van der Waals surface area contributed by atoms with Gasteiger partial charge < -0.3 is 10.2 Å². The second-order valence-electron chi connectivity index (χ2n) is 7.32. The number of nitrogens with zero attached hydrogens (tertiary/aromatic N) is 3. The Bertz CT molecular complexity index is 819. The summed E-state index contributed by atoms with van der Waals surface area (Å²) in [5.74, 6) is -0.301. The molecule has 2 atom stereocenters. The van der Waals surface area contributed by atoms with Gasteiger partial charge in [-0.2, -0.15) is 5.26 Å². The average molecular weight is 408 g/mol. The number of benzene rings is 1. The fourth-order valence-electron chi connectivity index (χ4n) is 3.73. The van der Waals surface area contributed by atoms with Crippen LogP contribution < -0.4 is 5.32 Å². The predicted molar refractivity (Wildman–Crippen MR) is 102 cm³/mol. The van der Waals surface area contributed by atoms with Gasteiger partial charge in [0.15, 0.2) is 0 Å². The van der Waals surface area contributed by atoms with Crippen molar-refractivity contribution in [3.63, 3.8) is 0 Å². The number of hydrogen-bond acceptors (Lipinski definition) is 5. The number of hydrogen-bond donors (Lipinski definition) is 1. The lowest BCUT2D eigenvalue weighted by Gasteiger charge is -2.32. The minimum absolute atomic E-state index is 0.0146. The van der Waals surface area contributed by atoms with E-state index in [1.54, 1.807) is 12.1 Å². The van der Waals surface area contributed by atoms with Crippen molar-refractivity contribution in [1.82, 2.24) is 14.5 Å². The van der Waals surface area contributed by atoms with Crippen LogP contribution >= 0.6 is 0 Å². The molecule has 3 rings (SSSR count). The van der Waals surface area contributed by atoms with Crippen LogP contribution in [-0.2, 0) is 20.6 Å². The Hall–Kier alpha value is -2.02. The van der Waals surface area contributed by atoms with Crippen LogP contribution in [0.15, 0.2) is 30.3 Å². The van der Waals surface area contributed by atoms with Gasteiger partial charge in [-0.15, -0.1) is 0 Å². The van der Waals surface area contributed by atoms with Crippen molar-refractivity contribution in [3.8, 4) is 6.07 Å². The standard InChI is InChI=1S/C19H25FN4O3S/c20-16-10-18(11-21)24(13-16)19(25)12-22-17-6-8-23(9-7-17)28(26,27)14-15-4-2-1-3-5-15/h1-5,16-18,22H,6-10,12-14H2/t16-,18-/m0/s1. The van der Waals surface area contributed by atoms with Gasteiger partial charge in [0.25, 0.3) is 0 Å². The third-order valence-corrected chi connectivity index (χ3v) is 7.15. The number of alkyl halides is 1. The highest BCUT2D eigenvalue weighted by atomic mass is 32.2. The predicted octanol–water partition coefficient (Wildman–Crippen LogP) is 1.03. The largest absolute Gasteiger partial charge is 0.323 e. The smallest absolute Gasteiger partial charge is 0.237 e. The third kappa shape index (κ3) is 5.07. The average Bonchev–Trinajstić information content (AvgIpc) is 3.08. The lowest BCUT2D eigenvalue weighted by Crippen LogP contribution is -2.48. The lowest BCUT2D eigenvalue weighted by atomic mass is 10.1. The van der Waals surface area contributed by atoms with Gasteiger partial charge in [-0.25, -0.2) is 17.1 Å². The number of carbonyl (C=O) groups is 1. The monoisotopic (exact) mass is 408 g/mol. The number of carbonyl (C=O) groups excluding carboxylic acids is 1. The maximum absolute atomic E-state index is 13.4. The molecule has 2 aliphatic heterocycles. The molecule has 0 unspecified atom stereocenters. The second kappa shape index (κ2) is 8.99. The highest BCUT2D eigenvalue weighted by Gasteiger charge is 2.35. The zero-order chi connectivity index (χ0) is 20.1. The Morgan fingerprint density at radius 1 is 1.25 bits per heavy atom. The summed E-state index contributed by atoms with van der Waals surface area (Å²) >= 11 is 0. The Labute approximate surface area is 165 Å². The number of sulfonamides is 1. The summed E-state index contributed by atoms with van der Waals surface area (Å²) in [6.45, 7) is 0.803. The van der Waals surface area contributed by atoms with Gasteiger partial charge in [0.05, 0.1) is 24.9 Å². The van der Waals surface area contributed by atoms with Gasteiger partial charge >= 0.3 is 0 Å². The summed E-state index contributed by atoms with van der Waals surface area (Å²) in [5.41, 5.74) is 0.761. The van der Waals surface area contributed by atoms with Gasteiger partial charge in [0.2, 0.25) is 15.9 Å². The van der Waals surface area contributed by atoms with Crippen LogP contribution in [0.2, 0.25) is 0 Å². The molecule has 0 aromatic heterocycles. The molecule has 1 aromatic carbocycles. The van der Waals surface area contributed by atoms with E-state index in [1.807, 2.05) is 24.3 Å². The topological polar surface area (TPSA) is 93.5 Å². The molecule has 152 valence electrons. The summed E-state index contributed by atoms with van der Waals surface area (Å²) in [5, 5.41) is 12.2. The number of amides is 1. The highest BCUT2D eigenvalue weighted by molar-refractivity contribution is 7.88. The van der Waals surface area contributed by atoms with Crippen molar-refractivity contribution in [2.75, 3.05) is 26.2 Å². The number of likely N-dealkylation sites (tertiary alicyclic amines) is 1. The van der Waals surface area contributed by atoms with Gasteiger partial charge in [-0.1, -0.05) is 30.3 Å². The molecule has 1 N–H and O–H groups in total. The van der Waals surface area contributed by atoms with Crippen molar-refractivity contribution >= 4 is 15.9 Å². The SMILES string of the molecule is N#C[C@@H]1C[C@H](F)CN1C(=O)CNC1CCN(S(=O)(=O)Cc2ccccc2)CC1. The first kappa shape index (κ1) is 20.7. The number of nitrogens with one attached hydrogen (secondary N) is 1. The van der Waals surface area contributed by atoms with E-state index < -0.39 is 22.2 Å². The van der Waals surface area contributed by atoms with Crippen LogP contribution in [-0.4, -0.2) is 68.0 Å². The molecule has 0 spiro atoms. The summed E-state index contributed by atoms with van der Waals surface area (Å²) in [7, 11) is -3.37. The van der Waals surface area contributed by atoms with Crippen molar-refractivity contribution in [1.29, 1.82) is 5.26 Å². The van der Waals surface area contributed by atoms with Crippen molar-refractivity contribution in [2.24, 2.45) is 0 Å². The minimum atomic E-state index is -3.37. The van der Waals surface area contributed by atoms with Gasteiger partial charge in [0, 0.05) is 25.6 Å². The Balaban J connectivity index is 1.45. The maximum Gasteiger partial charge on any atom is 0.237 e. The first-order chi connectivity index (χ1) is 13.4. The fraction of sp³-hybridized carbons (Fsp3) is 0.579. The molecule has 28 heavy (non-hydrogen) atoms. The van der Waals surface area contributed by atoms with E-state index in [-0.39, 0.29) is 37.2 Å². The zero-order valence-corrected chi connectivity index (χ0v) is 16.4. The quantitative estimate of drug-likeness (QED) is 0.759. The molecular weight excluding hydrogens is 383 g/mol. The first-order valence-corrected chi connectivity index (χ1v) is 11.1. The molecule has 0 radical (unpaired) electrons. The molecule has 2 saturated heterocycles. The Morgan fingerprint density at radius 3 is 2.57 bits per heavy atom. The van der Waals surface area contributed by atoms with Gasteiger partial charge in [-0.3, -0.25) is 4.79 Å². The molecule has 0 bridgehead atoms. The normalized spacial score (nSPS) is 24.2. The van der Waals surface area contributed by atoms with Crippen molar-refractivity contribution in [2.45, 2.75) is 43.3 Å². The summed E-state index contributed by atoms with van der Waals surface area (Å²) < 4.78 is 40.1. The number of halogens is 1. The summed E-state index contributed by atoms with van der Waals surface area (Å²) in [6.07, 6.45) is 0.134. The Kier molecular flexibility index (Phi) is 6.65. The van der Waals surface area contributed by atoms with Crippen LogP contribution in [0.4, 0.5) is 4.39 Å². The first-order valence-electron chi connectivity index (χ1n) is 9.47. The van der Waals surface area contributed by atoms with E-state index in [1.165, 1.54) is 9.21 Å². The molecule has 0 saturated carbocycles. The lowest BCUT2D eigenvalue weighted by molar-refractivity contribution is -0.130. The molecule has 0 aliphatic carbocycles. The molecular formula is C19H25FN4O3S. The molecule has 9 heteroatoms. The van der Waals surface area contributed by atoms with E-state index in [9.17, 15) is 17.6 Å². The minimum Gasteiger partial charge on any atom is -0.323 e. The molecule has 7 nitrogen and oxygen atoms in total. The zero-order valence-electron chi connectivity index (χ0n) is 15.6. The number of piperidine rings is 1. The van der Waals surface area contributed by atoms with Gasteiger partial charge in [0.1, 0.15) is 12.2 Å². The van der Waals surface area contributed by atoms with Crippen molar-refractivity contribution < 1.29 is 17.6 Å². The van der Waals surface area contributed by atoms with Crippen molar-refractivity contribution in [3.05, 3.63) is 35.9 Å². The summed E-state index contributed by atoms with van der Waals surface area (Å²) in [4.78, 5) is 13.6. The molecule has 2 heterocycles. The van der Waals surface area contributed by atoms with E-state index in [0.29, 0.717) is 25.9 Å². The number of rotatable bonds is 6. The van der Waals surface area contributed by atoms with Gasteiger partial charge in [-0.05, 0) is 18.4 Å². The molecule has 1 aromatic rings. The maximum atomic E-state index is 13.4. The molecule has 1 amide bonds. The van der Waals surface area contributed by atoms with Crippen LogP contribution in [0.5, 0.6) is 0 Å². The molecule has 2 aliphatic rings. The van der Waals surface area contributed by atoms with E-state index in [4.69, 9.17) is 5.26 Å². The Morgan fingerprint density at radius 2 is 1.93 bits per heavy atom. The van der Waals surface area contributed by atoms with Crippen LogP contribution in [0, 0.1) is 11.3 Å². The van der Waals surface area contributed by atoms with E-state index >= 15 is 0 Å². The summed E-state index contributed by atoms with van der Waals surface area (Å²) in [6, 6.07) is 10.4.